The number of ether oxygens (including phenoxy) is 1. The third kappa shape index (κ3) is 3.08. The predicted molar refractivity (Wildman–Crippen MR) is 62.8 cm³/mol. The van der Waals surface area contributed by atoms with Crippen LogP contribution in [0.25, 0.3) is 0 Å². The molecule has 0 amide bonds. The van der Waals surface area contributed by atoms with Gasteiger partial charge in [0.2, 0.25) is 0 Å². The number of aliphatic hydroxyl groups is 1. The molecule has 92 valence electrons. The summed E-state index contributed by atoms with van der Waals surface area (Å²) in [6, 6.07) is 0. The monoisotopic (exact) mass is 226 g/mol. The Morgan fingerprint density at radius 1 is 1.44 bits per heavy atom. The minimum Gasteiger partial charge on any atom is -0.469 e. The van der Waals surface area contributed by atoms with Crippen LogP contribution in [0.5, 0.6) is 0 Å². The van der Waals surface area contributed by atoms with Crippen molar-refractivity contribution in [2.45, 2.75) is 39.2 Å². The van der Waals surface area contributed by atoms with Gasteiger partial charge < -0.3 is 9.84 Å². The Morgan fingerprint density at radius 3 is 2.56 bits per heavy atom. The van der Waals surface area contributed by atoms with Gasteiger partial charge >= 0.3 is 5.97 Å². The zero-order valence-electron chi connectivity index (χ0n) is 10.3. The van der Waals surface area contributed by atoms with Gasteiger partial charge in [-0.15, -0.1) is 0 Å². The molecule has 1 aliphatic rings. The number of carbonyl (C=O) groups is 1. The molecule has 0 aromatic rings. The second kappa shape index (κ2) is 6.04. The Kier molecular flexibility index (Phi) is 5.00. The van der Waals surface area contributed by atoms with E-state index in [0.29, 0.717) is 0 Å². The van der Waals surface area contributed by atoms with Crippen LogP contribution in [-0.4, -0.2) is 24.3 Å². The molecule has 0 aromatic carbocycles. The average Bonchev–Trinajstić information content (AvgIpc) is 2.29. The van der Waals surface area contributed by atoms with Crippen molar-refractivity contribution < 1.29 is 14.6 Å². The van der Waals surface area contributed by atoms with Gasteiger partial charge in [-0.05, 0) is 31.1 Å². The van der Waals surface area contributed by atoms with Crippen LogP contribution >= 0.6 is 0 Å². The van der Waals surface area contributed by atoms with E-state index in [1.807, 2.05) is 13.8 Å². The summed E-state index contributed by atoms with van der Waals surface area (Å²) < 4.78 is 4.77. The van der Waals surface area contributed by atoms with E-state index >= 15 is 0 Å². The summed E-state index contributed by atoms with van der Waals surface area (Å²) in [6.07, 6.45) is 6.45. The van der Waals surface area contributed by atoms with Crippen LogP contribution in [0.15, 0.2) is 12.2 Å². The molecule has 1 rings (SSSR count). The minimum atomic E-state index is -0.586. The largest absolute Gasteiger partial charge is 0.469 e. The Morgan fingerprint density at radius 2 is 2.12 bits per heavy atom. The highest BCUT2D eigenvalue weighted by atomic mass is 16.5. The predicted octanol–water partition coefficient (Wildman–Crippen LogP) is 2.15. The molecule has 3 unspecified atom stereocenters. The molecule has 0 spiro atoms. The first-order chi connectivity index (χ1) is 7.57. The smallest absolute Gasteiger partial charge is 0.311 e. The molecular formula is C13H22O3. The van der Waals surface area contributed by atoms with Crippen LogP contribution in [0, 0.1) is 17.8 Å². The number of aliphatic hydroxyl groups excluding tert-OH is 1. The summed E-state index contributed by atoms with van der Waals surface area (Å²) in [5, 5.41) is 10.3. The lowest BCUT2D eigenvalue weighted by molar-refractivity contribution is -0.153. The molecule has 0 radical (unpaired) electrons. The molecule has 0 aromatic heterocycles. The molecule has 0 fully saturated rings. The van der Waals surface area contributed by atoms with Crippen LogP contribution in [-0.2, 0) is 9.53 Å². The summed E-state index contributed by atoms with van der Waals surface area (Å²) in [4.78, 5) is 11.6. The maximum atomic E-state index is 11.6. The van der Waals surface area contributed by atoms with Gasteiger partial charge in [0, 0.05) is 0 Å². The first-order valence-electron chi connectivity index (χ1n) is 5.98. The average molecular weight is 226 g/mol. The molecule has 0 saturated heterocycles. The molecule has 3 heteroatoms. The quantitative estimate of drug-likeness (QED) is 0.590. The molecule has 0 bridgehead atoms. The van der Waals surface area contributed by atoms with Gasteiger partial charge in [0.15, 0.2) is 0 Å². The number of methoxy groups -OCH3 is 1. The van der Waals surface area contributed by atoms with Crippen LogP contribution < -0.4 is 0 Å². The Balaban J connectivity index is 2.69. The van der Waals surface area contributed by atoms with Crippen LogP contribution in [0.2, 0.25) is 0 Å². The molecule has 0 aliphatic heterocycles. The van der Waals surface area contributed by atoms with Gasteiger partial charge in [-0.25, -0.2) is 0 Å². The van der Waals surface area contributed by atoms with E-state index < -0.39 is 12.0 Å². The van der Waals surface area contributed by atoms with Gasteiger partial charge in [-0.2, -0.15) is 0 Å². The zero-order valence-corrected chi connectivity index (χ0v) is 10.3. The molecule has 1 N–H and O–H groups in total. The minimum absolute atomic E-state index is 0.105. The highest BCUT2D eigenvalue weighted by Crippen LogP contribution is 2.29. The highest BCUT2D eigenvalue weighted by molar-refractivity contribution is 5.73. The zero-order chi connectivity index (χ0) is 12.1. The van der Waals surface area contributed by atoms with Crippen molar-refractivity contribution in [1.29, 1.82) is 0 Å². The highest BCUT2D eigenvalue weighted by Gasteiger charge is 2.35. The fraction of sp³-hybridized carbons (Fsp3) is 0.769. The first kappa shape index (κ1) is 13.2. The van der Waals surface area contributed by atoms with Crippen LogP contribution in [0.3, 0.4) is 0 Å². The van der Waals surface area contributed by atoms with E-state index in [2.05, 4.69) is 12.2 Å². The second-order valence-corrected chi connectivity index (χ2v) is 4.83. The van der Waals surface area contributed by atoms with Crippen molar-refractivity contribution in [3.05, 3.63) is 12.2 Å². The van der Waals surface area contributed by atoms with Gasteiger partial charge in [0.05, 0.1) is 19.1 Å². The van der Waals surface area contributed by atoms with E-state index in [1.165, 1.54) is 7.11 Å². The van der Waals surface area contributed by atoms with Crippen molar-refractivity contribution in [1.82, 2.24) is 0 Å². The van der Waals surface area contributed by atoms with Crippen molar-refractivity contribution in [2.75, 3.05) is 7.11 Å². The molecular weight excluding hydrogens is 204 g/mol. The summed E-state index contributed by atoms with van der Waals surface area (Å²) in [5.41, 5.74) is 0. The Bertz CT molecular complexity index is 258. The maximum absolute atomic E-state index is 11.6. The van der Waals surface area contributed by atoms with Gasteiger partial charge in [-0.1, -0.05) is 26.0 Å². The van der Waals surface area contributed by atoms with Crippen molar-refractivity contribution in [3.8, 4) is 0 Å². The number of carbonyl (C=O) groups excluding carboxylic acids is 1. The van der Waals surface area contributed by atoms with E-state index in [1.54, 1.807) is 0 Å². The fourth-order valence-corrected chi connectivity index (χ4v) is 2.36. The number of hydrogen-bond donors (Lipinski definition) is 1. The molecule has 0 heterocycles. The standard InChI is InChI=1S/C13H22O3/c1-9(2)11(13(15)16-3)12(14)10-7-5-4-6-8-10/h4-5,9-12,14H,6-8H2,1-3H3. The van der Waals surface area contributed by atoms with Gasteiger partial charge in [-0.3, -0.25) is 4.79 Å². The maximum Gasteiger partial charge on any atom is 0.311 e. The molecule has 16 heavy (non-hydrogen) atoms. The number of hydrogen-bond acceptors (Lipinski definition) is 3. The van der Waals surface area contributed by atoms with Gasteiger partial charge in [0.25, 0.3) is 0 Å². The lowest BCUT2D eigenvalue weighted by Gasteiger charge is -2.31. The summed E-state index contributed by atoms with van der Waals surface area (Å²) in [5.74, 6) is -0.400. The molecule has 3 nitrogen and oxygen atoms in total. The summed E-state index contributed by atoms with van der Waals surface area (Å²) >= 11 is 0. The van der Waals surface area contributed by atoms with Crippen LogP contribution in [0.1, 0.15) is 33.1 Å². The summed E-state index contributed by atoms with van der Waals surface area (Å²) in [6.45, 7) is 3.90. The van der Waals surface area contributed by atoms with Crippen molar-refractivity contribution >= 4 is 5.97 Å². The fourth-order valence-electron chi connectivity index (χ4n) is 2.36. The number of esters is 1. The Labute approximate surface area is 97.5 Å². The lowest BCUT2D eigenvalue weighted by Crippen LogP contribution is -2.38. The number of allylic oxidation sites excluding steroid dienone is 2. The Hall–Kier alpha value is -0.830. The van der Waals surface area contributed by atoms with Crippen molar-refractivity contribution in [3.63, 3.8) is 0 Å². The van der Waals surface area contributed by atoms with Crippen molar-refractivity contribution in [2.24, 2.45) is 17.8 Å². The third-order valence-corrected chi connectivity index (χ3v) is 3.35. The number of rotatable bonds is 4. The van der Waals surface area contributed by atoms with Crippen LogP contribution in [0.4, 0.5) is 0 Å². The molecule has 3 atom stereocenters. The van der Waals surface area contributed by atoms with Gasteiger partial charge in [0.1, 0.15) is 0 Å². The first-order valence-corrected chi connectivity index (χ1v) is 5.98. The van der Waals surface area contributed by atoms with E-state index in [0.717, 1.165) is 19.3 Å². The van der Waals surface area contributed by atoms with E-state index in [9.17, 15) is 9.90 Å². The summed E-state index contributed by atoms with van der Waals surface area (Å²) in [7, 11) is 1.38. The molecule has 1 aliphatic carbocycles. The normalized spacial score (nSPS) is 24.2. The second-order valence-electron chi connectivity index (χ2n) is 4.83. The third-order valence-electron chi connectivity index (χ3n) is 3.35. The topological polar surface area (TPSA) is 46.5 Å². The SMILES string of the molecule is COC(=O)C(C(C)C)C(O)C1CC=CCC1. The van der Waals surface area contributed by atoms with E-state index in [-0.39, 0.29) is 17.8 Å². The van der Waals surface area contributed by atoms with E-state index in [4.69, 9.17) is 4.74 Å². The molecule has 0 saturated carbocycles. The lowest BCUT2D eigenvalue weighted by atomic mass is 9.79.